The van der Waals surface area contributed by atoms with E-state index in [0.717, 1.165) is 70.6 Å². The topological polar surface area (TPSA) is 3.24 Å². The van der Waals surface area contributed by atoms with Crippen LogP contribution in [0.2, 0.25) is 0 Å². The average Bonchev–Trinajstić information content (AvgIpc) is 3.39. The predicted molar refractivity (Wildman–Crippen MR) is 284 cm³/mol. The summed E-state index contributed by atoms with van der Waals surface area (Å²) in [5, 5.41) is 5.41. The lowest BCUT2D eigenvalue weighted by molar-refractivity contribution is 0.705. The van der Waals surface area contributed by atoms with Crippen LogP contribution in [0, 0.1) is 5.92 Å². The lowest BCUT2D eigenvalue weighted by atomic mass is 9.79. The Hall–Kier alpha value is -6.70. The third kappa shape index (κ3) is 7.63. The van der Waals surface area contributed by atoms with Gasteiger partial charge in [-0.05, 0) is 189 Å². The maximum absolute atomic E-state index is 2.75. The number of fused-ring (bicyclic) bond motifs is 6. The second kappa shape index (κ2) is 17.6. The highest BCUT2D eigenvalue weighted by Crippen LogP contribution is 2.46. The smallest absolute Gasteiger partial charge is 0.0557 e. The first-order valence-corrected chi connectivity index (χ1v) is 24.9. The third-order valence-electron chi connectivity index (χ3n) is 15.3. The molecule has 1 heteroatoms. The molecule has 0 saturated heterocycles. The SMILES string of the molecule is CC1CC=Cc2ccc3ccc4cc(-c5cc(C6=CCCC=C6)ccc5N(C5=CC(C6C=CC=CC6)=C(c6ccc7c(c6)CCC=C7)CC5)C5C=CC(C6=CCCC=C6)=CC5)ccc4c3c21. The average molecular weight is 854 g/mol. The quantitative estimate of drug-likeness (QED) is 0.141. The van der Waals surface area contributed by atoms with E-state index < -0.39 is 0 Å². The monoisotopic (exact) mass is 853 g/mol. The maximum atomic E-state index is 2.75. The molecule has 3 unspecified atom stereocenters. The molecule has 0 fully saturated rings. The molecule has 0 bridgehead atoms. The van der Waals surface area contributed by atoms with Crippen LogP contribution in [0.1, 0.15) is 110 Å². The molecule has 7 aliphatic carbocycles. The zero-order valence-electron chi connectivity index (χ0n) is 38.4. The number of hydrogen-bond donors (Lipinski definition) is 0. The van der Waals surface area contributed by atoms with Crippen molar-refractivity contribution in [1.82, 2.24) is 0 Å². The van der Waals surface area contributed by atoms with E-state index in [2.05, 4.69) is 200 Å². The fourth-order valence-electron chi connectivity index (χ4n) is 11.9. The highest BCUT2D eigenvalue weighted by atomic mass is 15.2. The van der Waals surface area contributed by atoms with E-state index in [9.17, 15) is 0 Å². The van der Waals surface area contributed by atoms with Crippen molar-refractivity contribution in [3.05, 3.63) is 232 Å². The van der Waals surface area contributed by atoms with Crippen LogP contribution in [0.5, 0.6) is 0 Å². The molecule has 0 spiro atoms. The minimum absolute atomic E-state index is 0.164. The number of aryl methyl sites for hydroxylation is 1. The molecule has 5 aromatic carbocycles. The second-order valence-corrected chi connectivity index (χ2v) is 19.5. The Labute approximate surface area is 392 Å². The number of nitrogens with zero attached hydrogens (tertiary/aromatic N) is 1. The molecule has 0 N–H and O–H groups in total. The van der Waals surface area contributed by atoms with E-state index >= 15 is 0 Å². The summed E-state index contributed by atoms with van der Waals surface area (Å²) in [7, 11) is 0. The van der Waals surface area contributed by atoms with Crippen molar-refractivity contribution in [3.8, 4) is 11.1 Å². The van der Waals surface area contributed by atoms with Crippen LogP contribution in [0.4, 0.5) is 5.69 Å². The molecule has 324 valence electrons. The van der Waals surface area contributed by atoms with Gasteiger partial charge >= 0.3 is 0 Å². The molecule has 3 atom stereocenters. The third-order valence-corrected chi connectivity index (χ3v) is 15.3. The van der Waals surface area contributed by atoms with Crippen molar-refractivity contribution >= 4 is 50.5 Å². The van der Waals surface area contributed by atoms with E-state index in [4.69, 9.17) is 0 Å². The van der Waals surface area contributed by atoms with E-state index in [1.54, 1.807) is 0 Å². The fourth-order valence-corrected chi connectivity index (χ4v) is 11.9. The van der Waals surface area contributed by atoms with Crippen molar-refractivity contribution in [1.29, 1.82) is 0 Å². The summed E-state index contributed by atoms with van der Waals surface area (Å²) >= 11 is 0. The van der Waals surface area contributed by atoms with Gasteiger partial charge in [0.1, 0.15) is 0 Å². The summed E-state index contributed by atoms with van der Waals surface area (Å²) in [6, 6.07) is 31.5. The Bertz CT molecular complexity index is 3190. The summed E-state index contributed by atoms with van der Waals surface area (Å²) in [4.78, 5) is 2.75. The van der Waals surface area contributed by atoms with E-state index in [-0.39, 0.29) is 6.04 Å². The molecule has 5 aromatic rings. The van der Waals surface area contributed by atoms with Crippen LogP contribution in [-0.4, -0.2) is 6.04 Å². The van der Waals surface area contributed by atoms with Crippen LogP contribution in [0.15, 0.2) is 198 Å². The molecule has 0 saturated carbocycles. The number of hydrogen-bond acceptors (Lipinski definition) is 1. The summed E-state index contributed by atoms with van der Waals surface area (Å²) in [6.45, 7) is 2.39. The van der Waals surface area contributed by atoms with Crippen molar-refractivity contribution in [2.24, 2.45) is 5.92 Å². The van der Waals surface area contributed by atoms with E-state index in [1.807, 2.05) is 0 Å². The first-order chi connectivity index (χ1) is 32.6. The molecule has 66 heavy (non-hydrogen) atoms. The van der Waals surface area contributed by atoms with Gasteiger partial charge in [0.2, 0.25) is 0 Å². The Balaban J connectivity index is 1.04. The Kier molecular flexibility index (Phi) is 10.9. The lowest BCUT2D eigenvalue weighted by Gasteiger charge is -2.39. The van der Waals surface area contributed by atoms with Crippen molar-refractivity contribution in [3.63, 3.8) is 0 Å². The predicted octanol–water partition coefficient (Wildman–Crippen LogP) is 17.5. The van der Waals surface area contributed by atoms with E-state index in [0.29, 0.717) is 11.8 Å². The largest absolute Gasteiger partial charge is 0.337 e. The first-order valence-electron chi connectivity index (χ1n) is 24.9. The van der Waals surface area contributed by atoms with Gasteiger partial charge in [0.05, 0.1) is 6.04 Å². The van der Waals surface area contributed by atoms with Crippen molar-refractivity contribution in [2.45, 2.75) is 89.5 Å². The van der Waals surface area contributed by atoms with Crippen LogP contribution in [0.25, 0.3) is 56.0 Å². The summed E-state index contributed by atoms with van der Waals surface area (Å²) in [5.41, 5.74) is 20.7. The number of benzene rings is 5. The van der Waals surface area contributed by atoms with Crippen molar-refractivity contribution in [2.75, 3.05) is 4.90 Å². The van der Waals surface area contributed by atoms with Crippen LogP contribution in [0.3, 0.4) is 0 Å². The minimum Gasteiger partial charge on any atom is -0.337 e. The Morgan fingerprint density at radius 1 is 0.530 bits per heavy atom. The normalized spacial score (nSPS) is 22.0. The molecule has 0 radical (unpaired) electrons. The van der Waals surface area contributed by atoms with Gasteiger partial charge in [-0.1, -0.05) is 171 Å². The molecule has 1 nitrogen and oxygen atoms in total. The number of rotatable bonds is 8. The van der Waals surface area contributed by atoms with Gasteiger partial charge in [0.25, 0.3) is 0 Å². The molecule has 7 aliphatic rings. The summed E-state index contributed by atoms with van der Waals surface area (Å²) in [6.07, 6.45) is 54.6. The van der Waals surface area contributed by atoms with Gasteiger partial charge in [-0.25, -0.2) is 0 Å². The maximum Gasteiger partial charge on any atom is 0.0557 e. The molecule has 0 aliphatic heterocycles. The number of allylic oxidation sites excluding steroid dienone is 20. The summed E-state index contributed by atoms with van der Waals surface area (Å²) < 4.78 is 0. The Morgan fingerprint density at radius 3 is 2.15 bits per heavy atom. The van der Waals surface area contributed by atoms with Gasteiger partial charge in [-0.2, -0.15) is 0 Å². The number of anilines is 1. The van der Waals surface area contributed by atoms with E-state index in [1.165, 1.54) is 105 Å². The minimum atomic E-state index is 0.164. The van der Waals surface area contributed by atoms with Crippen molar-refractivity contribution < 1.29 is 0 Å². The zero-order chi connectivity index (χ0) is 44.0. The van der Waals surface area contributed by atoms with Gasteiger partial charge in [-0.3, -0.25) is 0 Å². The molecular weight excluding hydrogens is 795 g/mol. The van der Waals surface area contributed by atoms with Crippen LogP contribution in [-0.2, 0) is 6.42 Å². The molecule has 0 amide bonds. The molecular formula is C65H59N. The standard InChI is InChI=1S/C65H59N/c1-44-14-13-23-50-25-26-51-27-29-55-41-56(32-37-60(55)65(51)64(44)50)62-42-53(46-17-7-3-8-18-46)33-39-63(62)66(57-34-30-48(31-35-57)45-15-5-2-6-16-45)58-36-38-59(61(43-58)49-20-9-4-10-21-49)54-28-24-47-19-11-12-22-52(47)40-54/h4-5,7,9-11,13,15-20,23-34,37,39-44,49,57H,2-3,6,8,12,14,21-22,35-36,38H2,1H3. The van der Waals surface area contributed by atoms with Crippen LogP contribution < -0.4 is 4.90 Å². The van der Waals surface area contributed by atoms with Gasteiger partial charge in [0, 0.05) is 22.9 Å². The molecule has 0 heterocycles. The van der Waals surface area contributed by atoms with Gasteiger partial charge in [-0.15, -0.1) is 0 Å². The van der Waals surface area contributed by atoms with Gasteiger partial charge in [0.15, 0.2) is 0 Å². The molecule has 12 rings (SSSR count). The fraction of sp³-hybridized carbons (Fsp3) is 0.231. The second-order valence-electron chi connectivity index (χ2n) is 19.5. The highest BCUT2D eigenvalue weighted by Gasteiger charge is 2.30. The Morgan fingerprint density at radius 2 is 1.32 bits per heavy atom. The molecule has 0 aromatic heterocycles. The lowest BCUT2D eigenvalue weighted by Crippen LogP contribution is -2.35. The van der Waals surface area contributed by atoms with Crippen LogP contribution >= 0.6 is 0 Å². The highest BCUT2D eigenvalue weighted by molar-refractivity contribution is 6.11. The zero-order valence-corrected chi connectivity index (χ0v) is 38.4. The summed E-state index contributed by atoms with van der Waals surface area (Å²) in [5.74, 6) is 0.826. The first kappa shape index (κ1) is 40.8. The van der Waals surface area contributed by atoms with Gasteiger partial charge < -0.3 is 4.90 Å².